The zero-order valence-electron chi connectivity index (χ0n) is 10.2. The molecule has 0 saturated heterocycles. The topological polar surface area (TPSA) is 26.3 Å². The zero-order valence-corrected chi connectivity index (χ0v) is 11.8. The second kappa shape index (κ2) is 3.66. The van der Waals surface area contributed by atoms with E-state index in [0.29, 0.717) is 22.3 Å². The van der Waals surface area contributed by atoms with E-state index in [1.54, 1.807) is 12.1 Å². The standard InChI is InChI=1S/C14H11BrF2O2/c1-7-5-13(19-8(2)18)12-9(6-14(13,16)17)3-10(15)4-11(7)12/h3-4H,1,5-6H2,2H3. The quantitative estimate of drug-likeness (QED) is 0.732. The average molecular weight is 329 g/mol. The van der Waals surface area contributed by atoms with Crippen LogP contribution >= 0.6 is 15.9 Å². The van der Waals surface area contributed by atoms with Gasteiger partial charge in [0.25, 0.3) is 5.92 Å². The van der Waals surface area contributed by atoms with Crippen molar-refractivity contribution < 1.29 is 18.3 Å². The van der Waals surface area contributed by atoms with E-state index in [1.807, 2.05) is 0 Å². The molecule has 0 spiro atoms. The Morgan fingerprint density at radius 2 is 2.11 bits per heavy atom. The fourth-order valence-corrected chi connectivity index (χ4v) is 3.65. The summed E-state index contributed by atoms with van der Waals surface area (Å²) >= 11 is 3.31. The minimum Gasteiger partial charge on any atom is -0.447 e. The third-order valence-electron chi connectivity index (χ3n) is 3.75. The van der Waals surface area contributed by atoms with E-state index < -0.39 is 23.9 Å². The first-order chi connectivity index (χ1) is 8.77. The molecule has 1 atom stereocenters. The fourth-order valence-electron chi connectivity index (χ4n) is 3.14. The predicted molar refractivity (Wildman–Crippen MR) is 69.9 cm³/mol. The lowest BCUT2D eigenvalue weighted by molar-refractivity contribution is -0.205. The minimum absolute atomic E-state index is 0.0433. The monoisotopic (exact) mass is 328 g/mol. The number of carbonyl (C=O) groups is 1. The van der Waals surface area contributed by atoms with Crippen molar-refractivity contribution in [3.8, 4) is 0 Å². The van der Waals surface area contributed by atoms with Crippen molar-refractivity contribution in [2.75, 3.05) is 0 Å². The van der Waals surface area contributed by atoms with Gasteiger partial charge >= 0.3 is 5.97 Å². The van der Waals surface area contributed by atoms with Crippen molar-refractivity contribution >= 4 is 27.5 Å². The van der Waals surface area contributed by atoms with Gasteiger partial charge in [0, 0.05) is 29.8 Å². The Balaban J connectivity index is 2.30. The van der Waals surface area contributed by atoms with Gasteiger partial charge in [-0.15, -0.1) is 0 Å². The Morgan fingerprint density at radius 3 is 2.74 bits per heavy atom. The summed E-state index contributed by atoms with van der Waals surface area (Å²) in [5.41, 5.74) is 0.345. The summed E-state index contributed by atoms with van der Waals surface area (Å²) in [5.74, 6) is -3.80. The molecule has 19 heavy (non-hydrogen) atoms. The van der Waals surface area contributed by atoms with Crippen LogP contribution in [-0.4, -0.2) is 11.9 Å². The molecular weight excluding hydrogens is 318 g/mol. The highest BCUT2D eigenvalue weighted by molar-refractivity contribution is 9.10. The van der Waals surface area contributed by atoms with Gasteiger partial charge in [-0.3, -0.25) is 4.79 Å². The summed E-state index contributed by atoms with van der Waals surface area (Å²) in [6, 6.07) is 3.42. The van der Waals surface area contributed by atoms with Crippen LogP contribution < -0.4 is 0 Å². The molecule has 1 aromatic carbocycles. The molecule has 100 valence electrons. The molecule has 5 heteroatoms. The van der Waals surface area contributed by atoms with Gasteiger partial charge in [-0.2, -0.15) is 0 Å². The number of carbonyl (C=O) groups excluding carboxylic acids is 1. The molecule has 2 aliphatic carbocycles. The molecule has 3 rings (SSSR count). The fraction of sp³-hybridized carbons (Fsp3) is 0.357. The van der Waals surface area contributed by atoms with E-state index in [9.17, 15) is 13.6 Å². The Bertz CT molecular complexity index is 624. The third-order valence-corrected chi connectivity index (χ3v) is 4.21. The van der Waals surface area contributed by atoms with Crippen molar-refractivity contribution in [1.29, 1.82) is 0 Å². The molecular formula is C14H11BrF2O2. The van der Waals surface area contributed by atoms with E-state index in [-0.39, 0.29) is 6.42 Å². The Hall–Kier alpha value is -1.23. The maximum absolute atomic E-state index is 14.4. The number of hydrogen-bond acceptors (Lipinski definition) is 2. The van der Waals surface area contributed by atoms with Crippen molar-refractivity contribution in [1.82, 2.24) is 0 Å². The molecule has 0 heterocycles. The van der Waals surface area contributed by atoms with Crippen LogP contribution in [0, 0.1) is 0 Å². The van der Waals surface area contributed by atoms with Crippen LogP contribution in [0.5, 0.6) is 0 Å². The summed E-state index contributed by atoms with van der Waals surface area (Å²) in [6.07, 6.45) is -0.451. The second-order valence-corrected chi connectivity index (χ2v) is 5.99. The molecule has 1 aromatic rings. The summed E-state index contributed by atoms with van der Waals surface area (Å²) in [4.78, 5) is 11.3. The average Bonchev–Trinajstić information content (AvgIpc) is 2.61. The first-order valence-electron chi connectivity index (χ1n) is 5.85. The Kier molecular flexibility index (Phi) is 2.46. The molecule has 0 radical (unpaired) electrons. The highest BCUT2D eigenvalue weighted by atomic mass is 79.9. The molecule has 0 saturated carbocycles. The predicted octanol–water partition coefficient (Wildman–Crippen LogP) is 3.82. The molecule has 1 unspecified atom stereocenters. The van der Waals surface area contributed by atoms with Crippen LogP contribution in [0.1, 0.15) is 30.0 Å². The van der Waals surface area contributed by atoms with Gasteiger partial charge in [0.05, 0.1) is 0 Å². The van der Waals surface area contributed by atoms with Crippen molar-refractivity contribution in [3.05, 3.63) is 39.9 Å². The Morgan fingerprint density at radius 1 is 1.42 bits per heavy atom. The van der Waals surface area contributed by atoms with E-state index in [4.69, 9.17) is 4.74 Å². The van der Waals surface area contributed by atoms with Crippen LogP contribution in [-0.2, 0) is 21.6 Å². The smallest absolute Gasteiger partial charge is 0.303 e. The zero-order chi connectivity index (χ0) is 14.0. The molecule has 0 N–H and O–H groups in total. The number of rotatable bonds is 1. The van der Waals surface area contributed by atoms with Crippen LogP contribution in [0.25, 0.3) is 5.57 Å². The van der Waals surface area contributed by atoms with E-state index in [0.717, 1.165) is 11.4 Å². The van der Waals surface area contributed by atoms with Crippen molar-refractivity contribution in [2.45, 2.75) is 31.3 Å². The highest BCUT2D eigenvalue weighted by Gasteiger charge is 2.66. The number of halogens is 3. The van der Waals surface area contributed by atoms with Gasteiger partial charge in [0.1, 0.15) is 0 Å². The van der Waals surface area contributed by atoms with E-state index >= 15 is 0 Å². The number of ether oxygens (including phenoxy) is 1. The second-order valence-electron chi connectivity index (χ2n) is 5.07. The van der Waals surface area contributed by atoms with E-state index in [2.05, 4.69) is 22.5 Å². The SMILES string of the molecule is C=C1CC2(OC(C)=O)c3c(cc(Br)cc31)CC2(F)F. The van der Waals surface area contributed by atoms with Crippen molar-refractivity contribution in [3.63, 3.8) is 0 Å². The van der Waals surface area contributed by atoms with Gasteiger partial charge in [0.2, 0.25) is 5.60 Å². The summed E-state index contributed by atoms with van der Waals surface area (Å²) < 4.78 is 34.7. The number of hydrogen-bond donors (Lipinski definition) is 0. The first kappa shape index (κ1) is 12.8. The summed E-state index contributed by atoms with van der Waals surface area (Å²) in [5, 5.41) is 0. The molecule has 0 aliphatic heterocycles. The summed E-state index contributed by atoms with van der Waals surface area (Å²) in [6.45, 7) is 4.99. The molecule has 2 nitrogen and oxygen atoms in total. The lowest BCUT2D eigenvalue weighted by Gasteiger charge is -2.31. The third kappa shape index (κ3) is 1.54. The van der Waals surface area contributed by atoms with Crippen LogP contribution in [0.15, 0.2) is 23.2 Å². The van der Waals surface area contributed by atoms with Gasteiger partial charge in [0.15, 0.2) is 0 Å². The molecule has 0 aromatic heterocycles. The number of benzene rings is 1. The van der Waals surface area contributed by atoms with Crippen LogP contribution in [0.2, 0.25) is 0 Å². The lowest BCUT2D eigenvalue weighted by atomic mass is 9.94. The van der Waals surface area contributed by atoms with Crippen LogP contribution in [0.3, 0.4) is 0 Å². The Labute approximate surface area is 117 Å². The number of esters is 1. The van der Waals surface area contributed by atoms with Gasteiger partial charge in [-0.1, -0.05) is 22.5 Å². The highest BCUT2D eigenvalue weighted by Crippen LogP contribution is 2.61. The summed E-state index contributed by atoms with van der Waals surface area (Å²) in [7, 11) is 0. The normalized spacial score (nSPS) is 26.4. The largest absolute Gasteiger partial charge is 0.447 e. The minimum atomic E-state index is -3.10. The maximum Gasteiger partial charge on any atom is 0.303 e. The molecule has 0 fully saturated rings. The van der Waals surface area contributed by atoms with Gasteiger partial charge < -0.3 is 4.74 Å². The lowest BCUT2D eigenvalue weighted by Crippen LogP contribution is -2.43. The van der Waals surface area contributed by atoms with Crippen molar-refractivity contribution in [2.24, 2.45) is 0 Å². The first-order valence-corrected chi connectivity index (χ1v) is 6.64. The maximum atomic E-state index is 14.4. The van der Waals surface area contributed by atoms with E-state index in [1.165, 1.54) is 0 Å². The molecule has 0 bridgehead atoms. The molecule has 0 amide bonds. The molecule has 2 aliphatic rings. The van der Waals surface area contributed by atoms with Gasteiger partial charge in [-0.25, -0.2) is 8.78 Å². The van der Waals surface area contributed by atoms with Crippen LogP contribution in [0.4, 0.5) is 8.78 Å². The van der Waals surface area contributed by atoms with Gasteiger partial charge in [-0.05, 0) is 28.8 Å². The number of alkyl halides is 2.